The predicted molar refractivity (Wildman–Crippen MR) is 34.3 cm³/mol. The van der Waals surface area contributed by atoms with Crippen molar-refractivity contribution in [3.8, 4) is 0 Å². The van der Waals surface area contributed by atoms with Crippen molar-refractivity contribution in [2.24, 2.45) is 5.92 Å². The van der Waals surface area contributed by atoms with Crippen molar-refractivity contribution >= 4 is 6.29 Å². The molecule has 1 atom stereocenters. The first-order valence-corrected chi connectivity index (χ1v) is 2.69. The molecular weight excluding hydrogens is 100 g/mol. The molecule has 1 nitrogen and oxygen atoms in total. The molecule has 0 aromatic carbocycles. The Hall–Kier alpha value is -0.590. The van der Waals surface area contributed by atoms with Gasteiger partial charge in [-0.15, -0.1) is 6.58 Å². The fourth-order valence-corrected chi connectivity index (χ4v) is 0.564. The van der Waals surface area contributed by atoms with E-state index in [9.17, 15) is 4.79 Å². The largest absolute Gasteiger partial charge is 0.291 e. The van der Waals surface area contributed by atoms with E-state index >= 15 is 0 Å². The van der Waals surface area contributed by atoms with Crippen molar-refractivity contribution in [3.05, 3.63) is 12.2 Å². The van der Waals surface area contributed by atoms with Gasteiger partial charge in [-0.1, -0.05) is 12.5 Å². The standard InChI is InChI=1S/C7H11O/c1-6(2)4-7(3)5-8/h7H,1,4H2,2-3H3. The summed E-state index contributed by atoms with van der Waals surface area (Å²) < 4.78 is 0. The van der Waals surface area contributed by atoms with Gasteiger partial charge in [0, 0.05) is 5.92 Å². The third-order valence-corrected chi connectivity index (χ3v) is 0.856. The van der Waals surface area contributed by atoms with E-state index in [2.05, 4.69) is 6.58 Å². The second-order valence-electron chi connectivity index (χ2n) is 2.18. The Labute approximate surface area is 50.4 Å². The lowest BCUT2D eigenvalue weighted by Gasteiger charge is -1.97. The van der Waals surface area contributed by atoms with Crippen molar-refractivity contribution in [2.45, 2.75) is 20.3 Å². The summed E-state index contributed by atoms with van der Waals surface area (Å²) in [6.07, 6.45) is 2.65. The molecule has 0 aliphatic rings. The summed E-state index contributed by atoms with van der Waals surface area (Å²) in [5, 5.41) is 0. The molecule has 0 rings (SSSR count). The molecular formula is C7H11O. The second kappa shape index (κ2) is 3.42. The number of hydrogen-bond acceptors (Lipinski definition) is 1. The highest BCUT2D eigenvalue weighted by atomic mass is 16.1. The summed E-state index contributed by atoms with van der Waals surface area (Å²) in [7, 11) is 0. The average Bonchev–Trinajstić information content (AvgIpc) is 1.65. The van der Waals surface area contributed by atoms with Gasteiger partial charge in [0.1, 0.15) is 0 Å². The summed E-state index contributed by atoms with van der Waals surface area (Å²) >= 11 is 0. The molecule has 0 amide bonds. The Bertz CT molecular complexity index is 94.6. The van der Waals surface area contributed by atoms with Crippen LogP contribution in [0.3, 0.4) is 0 Å². The van der Waals surface area contributed by atoms with Gasteiger partial charge in [-0.25, -0.2) is 0 Å². The number of allylic oxidation sites excluding steroid dienone is 1. The van der Waals surface area contributed by atoms with Crippen molar-refractivity contribution in [1.82, 2.24) is 0 Å². The third kappa shape index (κ3) is 3.59. The maximum atomic E-state index is 9.87. The van der Waals surface area contributed by atoms with Gasteiger partial charge in [0.05, 0.1) is 0 Å². The Kier molecular flexibility index (Phi) is 3.16. The molecule has 0 fully saturated rings. The predicted octanol–water partition coefficient (Wildman–Crippen LogP) is 1.70. The van der Waals surface area contributed by atoms with E-state index in [0.29, 0.717) is 0 Å². The van der Waals surface area contributed by atoms with Crippen LogP contribution in [0.2, 0.25) is 0 Å². The number of carbonyl (C=O) groups excluding carboxylic acids is 1. The van der Waals surface area contributed by atoms with Crippen LogP contribution in [0.1, 0.15) is 20.3 Å². The van der Waals surface area contributed by atoms with Gasteiger partial charge in [-0.3, -0.25) is 4.79 Å². The van der Waals surface area contributed by atoms with Gasteiger partial charge in [0.2, 0.25) is 6.29 Å². The molecule has 1 radical (unpaired) electrons. The highest BCUT2D eigenvalue weighted by molar-refractivity contribution is 5.54. The molecule has 0 aliphatic heterocycles. The van der Waals surface area contributed by atoms with Crippen LogP contribution in [0.4, 0.5) is 0 Å². The summed E-state index contributed by atoms with van der Waals surface area (Å²) in [6.45, 7) is 7.41. The second-order valence-corrected chi connectivity index (χ2v) is 2.18. The summed E-state index contributed by atoms with van der Waals surface area (Å²) in [5.41, 5.74) is 1.04. The van der Waals surface area contributed by atoms with Gasteiger partial charge in [-0.05, 0) is 13.3 Å². The molecule has 0 aromatic heterocycles. The van der Waals surface area contributed by atoms with Crippen molar-refractivity contribution in [2.75, 3.05) is 0 Å². The number of rotatable bonds is 3. The lowest BCUT2D eigenvalue weighted by Crippen LogP contribution is -1.94. The summed E-state index contributed by atoms with van der Waals surface area (Å²) in [4.78, 5) is 9.87. The molecule has 0 spiro atoms. The minimum absolute atomic E-state index is 0.0208. The van der Waals surface area contributed by atoms with Crippen LogP contribution in [-0.2, 0) is 4.79 Å². The van der Waals surface area contributed by atoms with Gasteiger partial charge in [0.15, 0.2) is 0 Å². The van der Waals surface area contributed by atoms with E-state index < -0.39 is 0 Å². The van der Waals surface area contributed by atoms with Gasteiger partial charge in [-0.2, -0.15) is 0 Å². The lowest BCUT2D eigenvalue weighted by molar-refractivity contribution is 0.528. The fourth-order valence-electron chi connectivity index (χ4n) is 0.564. The SMILES string of the molecule is C=C(C)CC(C)[C]=O. The molecule has 45 valence electrons. The highest BCUT2D eigenvalue weighted by Crippen LogP contribution is 2.04. The first kappa shape index (κ1) is 7.41. The van der Waals surface area contributed by atoms with Crippen LogP contribution in [0, 0.1) is 5.92 Å². The first-order valence-electron chi connectivity index (χ1n) is 2.69. The molecule has 0 heterocycles. The molecule has 0 N–H and O–H groups in total. The van der Waals surface area contributed by atoms with Gasteiger partial charge < -0.3 is 0 Å². The highest BCUT2D eigenvalue weighted by Gasteiger charge is 1.98. The van der Waals surface area contributed by atoms with Crippen molar-refractivity contribution < 1.29 is 4.79 Å². The van der Waals surface area contributed by atoms with E-state index in [1.54, 1.807) is 0 Å². The van der Waals surface area contributed by atoms with Crippen LogP contribution in [0.5, 0.6) is 0 Å². The van der Waals surface area contributed by atoms with Gasteiger partial charge in [0.25, 0.3) is 0 Å². The van der Waals surface area contributed by atoms with Crippen molar-refractivity contribution in [1.29, 1.82) is 0 Å². The summed E-state index contributed by atoms with van der Waals surface area (Å²) in [6, 6.07) is 0. The zero-order valence-corrected chi connectivity index (χ0v) is 5.40. The Morgan fingerprint density at radius 3 is 2.50 bits per heavy atom. The zero-order valence-electron chi connectivity index (χ0n) is 5.40. The van der Waals surface area contributed by atoms with Crippen molar-refractivity contribution in [3.63, 3.8) is 0 Å². The molecule has 8 heavy (non-hydrogen) atoms. The average molecular weight is 111 g/mol. The summed E-state index contributed by atoms with van der Waals surface area (Å²) in [5.74, 6) is 0.0208. The normalized spacial score (nSPS) is 12.8. The van der Waals surface area contributed by atoms with Crippen LogP contribution < -0.4 is 0 Å². The maximum absolute atomic E-state index is 9.87. The van der Waals surface area contributed by atoms with E-state index in [-0.39, 0.29) is 5.92 Å². The van der Waals surface area contributed by atoms with Crippen LogP contribution in [0.15, 0.2) is 12.2 Å². The van der Waals surface area contributed by atoms with E-state index in [1.165, 1.54) is 0 Å². The van der Waals surface area contributed by atoms with Crippen LogP contribution >= 0.6 is 0 Å². The fraction of sp³-hybridized carbons (Fsp3) is 0.571. The Morgan fingerprint density at radius 1 is 1.88 bits per heavy atom. The Morgan fingerprint density at radius 2 is 2.38 bits per heavy atom. The topological polar surface area (TPSA) is 17.1 Å². The minimum atomic E-state index is 0.0208. The molecule has 0 saturated carbocycles. The smallest absolute Gasteiger partial charge is 0.201 e. The molecule has 0 saturated heterocycles. The molecule has 0 bridgehead atoms. The first-order chi connectivity index (χ1) is 3.66. The van der Waals surface area contributed by atoms with E-state index in [1.807, 2.05) is 20.1 Å². The van der Waals surface area contributed by atoms with E-state index in [0.717, 1.165) is 12.0 Å². The zero-order chi connectivity index (χ0) is 6.57. The van der Waals surface area contributed by atoms with E-state index in [4.69, 9.17) is 0 Å². The molecule has 1 heteroatoms. The monoisotopic (exact) mass is 111 g/mol. The molecule has 0 aromatic rings. The number of hydrogen-bond donors (Lipinski definition) is 0. The van der Waals surface area contributed by atoms with Gasteiger partial charge >= 0.3 is 0 Å². The van der Waals surface area contributed by atoms with Crippen LogP contribution in [0.25, 0.3) is 0 Å². The molecule has 1 unspecified atom stereocenters. The van der Waals surface area contributed by atoms with Crippen LogP contribution in [-0.4, -0.2) is 6.29 Å². The minimum Gasteiger partial charge on any atom is -0.291 e. The quantitative estimate of drug-likeness (QED) is 0.506. The lowest BCUT2D eigenvalue weighted by atomic mass is 10.1. The Balaban J connectivity index is 3.38. The maximum Gasteiger partial charge on any atom is 0.201 e. The molecule has 0 aliphatic carbocycles. The third-order valence-electron chi connectivity index (χ3n) is 0.856.